The van der Waals surface area contributed by atoms with Crippen molar-refractivity contribution < 1.29 is 9.18 Å². The minimum atomic E-state index is -0.613. The molecule has 3 N–H and O–H groups in total. The second-order valence-corrected chi connectivity index (χ2v) is 6.21. The van der Waals surface area contributed by atoms with Crippen LogP contribution in [0.15, 0.2) is 24.7 Å². The summed E-state index contributed by atoms with van der Waals surface area (Å²) in [6.45, 7) is 0.637. The maximum absolute atomic E-state index is 14.1. The smallest absolute Gasteiger partial charge is 0.242 e. The molecule has 0 bridgehead atoms. The molecule has 4 rings (SSSR count). The number of pyridine rings is 1. The molecule has 3 aromatic heterocycles. The van der Waals surface area contributed by atoms with Gasteiger partial charge in [0.05, 0.1) is 11.2 Å². The molecule has 0 saturated carbocycles. The second kappa shape index (κ2) is 6.29. The van der Waals surface area contributed by atoms with Crippen LogP contribution in [0.1, 0.15) is 12.8 Å². The summed E-state index contributed by atoms with van der Waals surface area (Å²) >= 11 is 6.00. The van der Waals surface area contributed by atoms with Crippen LogP contribution in [0.4, 0.5) is 10.2 Å². The highest BCUT2D eigenvalue weighted by molar-refractivity contribution is 6.31. The highest BCUT2D eigenvalue weighted by atomic mass is 35.5. The van der Waals surface area contributed by atoms with Gasteiger partial charge in [0.2, 0.25) is 5.91 Å². The van der Waals surface area contributed by atoms with Gasteiger partial charge >= 0.3 is 0 Å². The molecular formula is C16H14ClFN6O. The van der Waals surface area contributed by atoms with Gasteiger partial charge in [-0.05, 0) is 18.9 Å². The molecule has 0 radical (unpaired) electrons. The van der Waals surface area contributed by atoms with E-state index in [-0.39, 0.29) is 11.7 Å². The molecule has 1 atom stereocenters. The van der Waals surface area contributed by atoms with Gasteiger partial charge in [0.25, 0.3) is 0 Å². The molecular weight excluding hydrogens is 347 g/mol. The molecule has 0 aromatic carbocycles. The summed E-state index contributed by atoms with van der Waals surface area (Å²) < 4.78 is 14.1. The van der Waals surface area contributed by atoms with Gasteiger partial charge in [-0.3, -0.25) is 4.79 Å². The largest absolute Gasteiger partial charge is 0.356 e. The Bertz CT molecular complexity index is 959. The van der Waals surface area contributed by atoms with Crippen LogP contribution in [0.25, 0.3) is 22.4 Å². The normalized spacial score (nSPS) is 17.5. The van der Waals surface area contributed by atoms with Crippen LogP contribution in [-0.4, -0.2) is 38.4 Å². The van der Waals surface area contributed by atoms with Crippen molar-refractivity contribution in [1.29, 1.82) is 0 Å². The quantitative estimate of drug-likeness (QED) is 0.667. The number of anilines is 1. The van der Waals surface area contributed by atoms with Crippen LogP contribution in [0.3, 0.4) is 0 Å². The molecule has 0 spiro atoms. The number of halogens is 2. The van der Waals surface area contributed by atoms with E-state index in [4.69, 9.17) is 11.6 Å². The van der Waals surface area contributed by atoms with Gasteiger partial charge in [0.1, 0.15) is 11.7 Å². The van der Waals surface area contributed by atoms with Gasteiger partial charge < -0.3 is 15.6 Å². The fourth-order valence-corrected chi connectivity index (χ4v) is 2.99. The van der Waals surface area contributed by atoms with Crippen molar-refractivity contribution in [2.75, 3.05) is 11.9 Å². The first-order chi connectivity index (χ1) is 12.1. The van der Waals surface area contributed by atoms with E-state index in [9.17, 15) is 9.18 Å². The Hall–Kier alpha value is -2.74. The van der Waals surface area contributed by atoms with Crippen LogP contribution < -0.4 is 10.6 Å². The molecule has 3 aromatic rings. The lowest BCUT2D eigenvalue weighted by Crippen LogP contribution is -2.44. The Labute approximate surface area is 147 Å². The van der Waals surface area contributed by atoms with E-state index in [0.29, 0.717) is 35.0 Å². The number of H-pyrrole nitrogens is 1. The Morgan fingerprint density at radius 1 is 1.32 bits per heavy atom. The Morgan fingerprint density at radius 2 is 2.20 bits per heavy atom. The number of amides is 1. The molecule has 1 aliphatic heterocycles. The lowest BCUT2D eigenvalue weighted by molar-refractivity contribution is -0.123. The van der Waals surface area contributed by atoms with Gasteiger partial charge in [-0.1, -0.05) is 11.6 Å². The fraction of sp³-hybridized carbons (Fsp3) is 0.250. The molecule has 0 aliphatic carbocycles. The third kappa shape index (κ3) is 3.00. The van der Waals surface area contributed by atoms with E-state index >= 15 is 0 Å². The highest BCUT2D eigenvalue weighted by Gasteiger charge is 2.24. The molecule has 7 nitrogen and oxygen atoms in total. The molecule has 128 valence electrons. The van der Waals surface area contributed by atoms with Crippen molar-refractivity contribution in [2.24, 2.45) is 0 Å². The molecule has 4 heterocycles. The standard InChI is InChI=1S/C16H14ClFN6O/c17-8-4-9-10(6-21-13(9)20-5-8)14-22-7-11(18)15(24-14)23-12-2-1-3-19-16(12)25/h4-7,12H,1-3H2,(H,19,25)(H,20,21)(H,22,23,24). The number of nitrogens with zero attached hydrogens (tertiary/aromatic N) is 3. The first-order valence-electron chi connectivity index (χ1n) is 7.81. The van der Waals surface area contributed by atoms with Crippen molar-refractivity contribution in [1.82, 2.24) is 25.3 Å². The first kappa shape index (κ1) is 15.8. The van der Waals surface area contributed by atoms with E-state index in [1.165, 1.54) is 6.20 Å². The van der Waals surface area contributed by atoms with Crippen molar-refractivity contribution in [3.63, 3.8) is 0 Å². The minimum Gasteiger partial charge on any atom is -0.356 e. The number of piperidine rings is 1. The number of nitrogens with one attached hydrogen (secondary N) is 3. The van der Waals surface area contributed by atoms with Crippen LogP contribution in [-0.2, 0) is 4.79 Å². The van der Waals surface area contributed by atoms with Gasteiger partial charge in [-0.25, -0.2) is 19.3 Å². The average molecular weight is 361 g/mol. The SMILES string of the molecule is O=C1NCCCC1Nc1nc(-c2c[nH]c3ncc(Cl)cc23)ncc1F. The summed E-state index contributed by atoms with van der Waals surface area (Å²) in [5.41, 5.74) is 1.29. The summed E-state index contributed by atoms with van der Waals surface area (Å²) in [4.78, 5) is 27.4. The van der Waals surface area contributed by atoms with Crippen molar-refractivity contribution in [2.45, 2.75) is 18.9 Å². The zero-order valence-electron chi connectivity index (χ0n) is 13.0. The van der Waals surface area contributed by atoms with E-state index in [2.05, 4.69) is 30.6 Å². The molecule has 1 unspecified atom stereocenters. The van der Waals surface area contributed by atoms with E-state index < -0.39 is 11.9 Å². The molecule has 9 heteroatoms. The van der Waals surface area contributed by atoms with Crippen molar-refractivity contribution in [3.8, 4) is 11.4 Å². The molecule has 1 fully saturated rings. The van der Waals surface area contributed by atoms with Crippen LogP contribution in [0.5, 0.6) is 0 Å². The third-order valence-electron chi connectivity index (χ3n) is 4.08. The summed E-state index contributed by atoms with van der Waals surface area (Å²) in [6, 6.07) is 1.23. The third-order valence-corrected chi connectivity index (χ3v) is 4.29. The number of aromatic amines is 1. The second-order valence-electron chi connectivity index (χ2n) is 5.77. The summed E-state index contributed by atoms with van der Waals surface area (Å²) in [6.07, 6.45) is 5.76. The topological polar surface area (TPSA) is 95.6 Å². The van der Waals surface area contributed by atoms with E-state index in [1.807, 2.05) is 0 Å². The number of hydrogen-bond acceptors (Lipinski definition) is 5. The van der Waals surface area contributed by atoms with Gasteiger partial charge in [0.15, 0.2) is 17.5 Å². The maximum atomic E-state index is 14.1. The number of rotatable bonds is 3. The van der Waals surface area contributed by atoms with Crippen molar-refractivity contribution >= 4 is 34.4 Å². The Kier molecular flexibility index (Phi) is 3.96. The highest BCUT2D eigenvalue weighted by Crippen LogP contribution is 2.28. The maximum Gasteiger partial charge on any atom is 0.242 e. The number of aromatic nitrogens is 4. The van der Waals surface area contributed by atoms with Crippen molar-refractivity contribution in [3.05, 3.63) is 35.5 Å². The molecule has 1 amide bonds. The monoisotopic (exact) mass is 360 g/mol. The van der Waals surface area contributed by atoms with E-state index in [1.54, 1.807) is 12.3 Å². The zero-order chi connectivity index (χ0) is 17.4. The number of hydrogen-bond donors (Lipinski definition) is 3. The zero-order valence-corrected chi connectivity index (χ0v) is 13.8. The predicted molar refractivity (Wildman–Crippen MR) is 91.7 cm³/mol. The molecule has 25 heavy (non-hydrogen) atoms. The van der Waals surface area contributed by atoms with Gasteiger partial charge in [-0.15, -0.1) is 0 Å². The Balaban J connectivity index is 1.71. The predicted octanol–water partition coefficient (Wildman–Crippen LogP) is 2.50. The number of carbonyl (C=O) groups is 1. The lowest BCUT2D eigenvalue weighted by atomic mass is 10.1. The summed E-state index contributed by atoms with van der Waals surface area (Å²) in [5.74, 6) is -0.459. The Morgan fingerprint density at radius 3 is 3.04 bits per heavy atom. The van der Waals surface area contributed by atoms with E-state index in [0.717, 1.165) is 18.0 Å². The number of fused-ring (bicyclic) bond motifs is 1. The fourth-order valence-electron chi connectivity index (χ4n) is 2.84. The van der Waals surface area contributed by atoms with Crippen LogP contribution in [0.2, 0.25) is 5.02 Å². The first-order valence-corrected chi connectivity index (χ1v) is 8.19. The van der Waals surface area contributed by atoms with Crippen LogP contribution >= 0.6 is 11.6 Å². The number of carbonyl (C=O) groups excluding carboxylic acids is 1. The minimum absolute atomic E-state index is 0.00335. The summed E-state index contributed by atoms with van der Waals surface area (Å²) in [7, 11) is 0. The molecule has 1 saturated heterocycles. The lowest BCUT2D eigenvalue weighted by Gasteiger charge is -2.23. The van der Waals surface area contributed by atoms with Gasteiger partial charge in [-0.2, -0.15) is 0 Å². The summed E-state index contributed by atoms with van der Waals surface area (Å²) in [5, 5.41) is 6.84. The molecule has 1 aliphatic rings. The average Bonchev–Trinajstić information content (AvgIpc) is 3.02. The van der Waals surface area contributed by atoms with Crippen LogP contribution in [0, 0.1) is 5.82 Å². The van der Waals surface area contributed by atoms with Gasteiger partial charge in [0, 0.05) is 29.9 Å².